The van der Waals surface area contributed by atoms with E-state index in [1.54, 1.807) is 0 Å². The van der Waals surface area contributed by atoms with Gasteiger partial charge in [0.15, 0.2) is 0 Å². The summed E-state index contributed by atoms with van der Waals surface area (Å²) in [5.41, 5.74) is 0. The fourth-order valence-corrected chi connectivity index (χ4v) is 0. The highest BCUT2D eigenvalue weighted by atomic mass is 19.4. The van der Waals surface area contributed by atoms with E-state index in [4.69, 9.17) is 0 Å². The van der Waals surface area contributed by atoms with Crippen molar-refractivity contribution in [3.63, 3.8) is 0 Å². The van der Waals surface area contributed by atoms with Crippen molar-refractivity contribution in [1.29, 1.82) is 0 Å². The van der Waals surface area contributed by atoms with Crippen LogP contribution in [0.3, 0.4) is 0 Å². The summed E-state index contributed by atoms with van der Waals surface area (Å²) in [6.45, 7) is 0. The molecule has 0 aromatic carbocycles. The molecule has 0 amide bonds. The minimum Gasteiger partial charge on any atom is -0.255 e. The molecule has 0 aromatic heterocycles. The second-order valence-electron chi connectivity index (χ2n) is 0.842. The summed E-state index contributed by atoms with van der Waals surface area (Å²) in [4.78, 5) is 0. The maximum atomic E-state index is 10.4. The molecule has 0 bridgehead atoms. The van der Waals surface area contributed by atoms with E-state index in [-0.39, 0.29) is 0 Å². The first-order valence-electron chi connectivity index (χ1n) is 1.67. The highest BCUT2D eigenvalue weighted by Crippen LogP contribution is 2.22. The second kappa shape index (κ2) is 4.46. The van der Waals surface area contributed by atoms with Crippen LogP contribution in [0.15, 0.2) is 0 Å². The van der Waals surface area contributed by atoms with Crippen molar-refractivity contribution < 1.29 is 26.3 Å². The van der Waals surface area contributed by atoms with Crippen molar-refractivity contribution >= 4 is 0 Å². The monoisotopic (exact) mass is 154 g/mol. The van der Waals surface area contributed by atoms with E-state index in [0.29, 0.717) is 7.18 Å². The van der Waals surface area contributed by atoms with E-state index in [1.807, 2.05) is 0 Å². The first-order valence-corrected chi connectivity index (χ1v) is 1.67. The van der Waals surface area contributed by atoms with Gasteiger partial charge in [-0.3, -0.25) is 4.39 Å². The molecular weight excluding hydrogens is 150 g/mol. The molecule has 0 unspecified atom stereocenters. The van der Waals surface area contributed by atoms with Crippen molar-refractivity contribution in [3.8, 4) is 0 Å². The van der Waals surface area contributed by atoms with Gasteiger partial charge in [0.2, 0.25) is 0 Å². The zero-order chi connectivity index (χ0) is 8.08. The van der Waals surface area contributed by atoms with Crippen LogP contribution in [0, 0.1) is 0 Å². The van der Waals surface area contributed by atoms with Gasteiger partial charge in [-0.2, -0.15) is 13.2 Å². The lowest BCUT2D eigenvalue weighted by molar-refractivity contribution is -0.219. The Labute approximate surface area is 47.5 Å². The van der Waals surface area contributed by atoms with E-state index >= 15 is 0 Å². The van der Waals surface area contributed by atoms with Gasteiger partial charge >= 0.3 is 12.6 Å². The van der Waals surface area contributed by atoms with Crippen molar-refractivity contribution in [3.05, 3.63) is 0 Å². The standard InChI is InChI=1S/C2HF5.CH3F/c3-1(4)2(5,6)7;1-2/h1H;1H3. The Morgan fingerprint density at radius 3 is 1.11 bits per heavy atom. The highest BCUT2D eigenvalue weighted by Gasteiger charge is 2.40. The Balaban J connectivity index is 0. The summed E-state index contributed by atoms with van der Waals surface area (Å²) in [6, 6.07) is 0. The molecule has 0 heterocycles. The lowest BCUT2D eigenvalue weighted by Gasteiger charge is -2.00. The fourth-order valence-electron chi connectivity index (χ4n) is 0. The number of rotatable bonds is 0. The molecule has 0 aliphatic carbocycles. The zero-order valence-electron chi connectivity index (χ0n) is 4.35. The van der Waals surface area contributed by atoms with Gasteiger partial charge in [0.1, 0.15) is 0 Å². The molecular formula is C3H4F6. The first kappa shape index (κ1) is 11.4. The molecule has 6 heteroatoms. The van der Waals surface area contributed by atoms with Crippen LogP contribution in [0.1, 0.15) is 0 Å². The molecule has 0 nitrogen and oxygen atoms in total. The zero-order valence-corrected chi connectivity index (χ0v) is 4.35. The second-order valence-corrected chi connectivity index (χ2v) is 0.842. The van der Waals surface area contributed by atoms with Crippen LogP contribution in [0.2, 0.25) is 0 Å². The Hall–Kier alpha value is -0.420. The van der Waals surface area contributed by atoms with Crippen LogP contribution >= 0.6 is 0 Å². The third-order valence-corrected chi connectivity index (χ3v) is 0.247. The Kier molecular flexibility index (Phi) is 5.64. The minimum absolute atomic E-state index is 0.500. The molecule has 58 valence electrons. The van der Waals surface area contributed by atoms with E-state index in [2.05, 4.69) is 0 Å². The predicted molar refractivity (Wildman–Crippen MR) is 19.1 cm³/mol. The molecule has 0 radical (unpaired) electrons. The fraction of sp³-hybridized carbons (Fsp3) is 1.00. The van der Waals surface area contributed by atoms with Crippen LogP contribution in [0.4, 0.5) is 26.3 Å². The molecule has 0 N–H and O–H groups in total. The average Bonchev–Trinajstić information content (AvgIpc) is 1.69. The van der Waals surface area contributed by atoms with Crippen molar-refractivity contribution in [2.24, 2.45) is 0 Å². The SMILES string of the molecule is CF.FC(F)C(F)(F)F. The van der Waals surface area contributed by atoms with Crippen LogP contribution in [-0.4, -0.2) is 19.8 Å². The lowest BCUT2D eigenvalue weighted by atomic mass is 10.7. The summed E-state index contributed by atoms with van der Waals surface area (Å²) < 4.78 is 61.6. The van der Waals surface area contributed by atoms with Gasteiger partial charge in [0.25, 0.3) is 0 Å². The van der Waals surface area contributed by atoms with E-state index in [0.717, 1.165) is 0 Å². The van der Waals surface area contributed by atoms with Crippen molar-refractivity contribution in [2.75, 3.05) is 7.18 Å². The van der Waals surface area contributed by atoms with Gasteiger partial charge < -0.3 is 0 Å². The molecule has 0 atom stereocenters. The summed E-state index contributed by atoms with van der Waals surface area (Å²) in [5.74, 6) is 0. The number of halogens is 6. The maximum absolute atomic E-state index is 10.4. The molecule has 0 fully saturated rings. The molecule has 0 aromatic rings. The number of alkyl halides is 6. The van der Waals surface area contributed by atoms with Gasteiger partial charge in [0.05, 0.1) is 7.18 Å². The van der Waals surface area contributed by atoms with Crippen LogP contribution in [0.25, 0.3) is 0 Å². The van der Waals surface area contributed by atoms with Gasteiger partial charge in [0, 0.05) is 0 Å². The summed E-state index contributed by atoms with van der Waals surface area (Å²) in [5, 5.41) is 0. The largest absolute Gasteiger partial charge is 0.450 e. The molecule has 0 rings (SSSR count). The summed E-state index contributed by atoms with van der Waals surface area (Å²) >= 11 is 0. The number of hydrogen-bond acceptors (Lipinski definition) is 0. The number of hydrogen-bond donors (Lipinski definition) is 0. The normalized spacial score (nSPS) is 10.7. The topological polar surface area (TPSA) is 0 Å². The summed E-state index contributed by atoms with van der Waals surface area (Å²) in [6.07, 6.45) is -9.53. The predicted octanol–water partition coefficient (Wildman–Crippen LogP) is 2.40. The Morgan fingerprint density at radius 2 is 1.11 bits per heavy atom. The van der Waals surface area contributed by atoms with Crippen molar-refractivity contribution in [1.82, 2.24) is 0 Å². The molecule has 0 aliphatic rings. The molecule has 0 saturated heterocycles. The molecule has 0 spiro atoms. The highest BCUT2D eigenvalue weighted by molar-refractivity contribution is 4.48. The first-order chi connectivity index (χ1) is 3.94. The van der Waals surface area contributed by atoms with Crippen LogP contribution < -0.4 is 0 Å². The van der Waals surface area contributed by atoms with Gasteiger partial charge in [-0.1, -0.05) is 0 Å². The average molecular weight is 154 g/mol. The Morgan fingerprint density at radius 1 is 1.00 bits per heavy atom. The van der Waals surface area contributed by atoms with Crippen LogP contribution in [0.5, 0.6) is 0 Å². The van der Waals surface area contributed by atoms with Gasteiger partial charge in [-0.05, 0) is 0 Å². The van der Waals surface area contributed by atoms with E-state index < -0.39 is 12.6 Å². The van der Waals surface area contributed by atoms with Crippen molar-refractivity contribution in [2.45, 2.75) is 12.6 Å². The van der Waals surface area contributed by atoms with Gasteiger partial charge in [-0.15, -0.1) is 0 Å². The lowest BCUT2D eigenvalue weighted by Crippen LogP contribution is -2.18. The maximum Gasteiger partial charge on any atom is 0.450 e. The minimum atomic E-state index is -5.33. The Bertz CT molecular complexity index is 53.8. The third-order valence-electron chi connectivity index (χ3n) is 0.247. The molecule has 0 aliphatic heterocycles. The molecule has 0 saturated carbocycles. The summed E-state index contributed by atoms with van der Waals surface area (Å²) in [7, 11) is 0.500. The van der Waals surface area contributed by atoms with E-state index in [9.17, 15) is 26.3 Å². The van der Waals surface area contributed by atoms with E-state index in [1.165, 1.54) is 0 Å². The quantitative estimate of drug-likeness (QED) is 0.470. The molecule has 9 heavy (non-hydrogen) atoms. The smallest absolute Gasteiger partial charge is 0.255 e. The van der Waals surface area contributed by atoms with Gasteiger partial charge in [-0.25, -0.2) is 8.78 Å². The third kappa shape index (κ3) is 7.58. The van der Waals surface area contributed by atoms with Crippen LogP contribution in [-0.2, 0) is 0 Å².